The molecule has 1 heterocycles. The van der Waals surface area contributed by atoms with E-state index in [2.05, 4.69) is 0 Å². The van der Waals surface area contributed by atoms with Crippen LogP contribution in [-0.2, 0) is 9.59 Å². The van der Waals surface area contributed by atoms with Crippen LogP contribution in [0.3, 0.4) is 0 Å². The number of amides is 2. The second-order valence-electron chi connectivity index (χ2n) is 5.25. The van der Waals surface area contributed by atoms with Crippen LogP contribution in [0.15, 0.2) is 18.2 Å². The van der Waals surface area contributed by atoms with Crippen LogP contribution in [0, 0.1) is 13.8 Å². The fraction of sp³-hybridized carbons (Fsp3) is 0.500. The zero-order valence-electron chi connectivity index (χ0n) is 12.6. The lowest BCUT2D eigenvalue weighted by Gasteiger charge is -2.25. The van der Waals surface area contributed by atoms with Crippen LogP contribution >= 0.6 is 0 Å². The molecule has 0 aromatic heterocycles. The van der Waals surface area contributed by atoms with Crippen molar-refractivity contribution < 1.29 is 9.59 Å². The minimum Gasteiger partial charge on any atom is -0.292 e. The number of hydrogen-bond acceptors (Lipinski definition) is 3. The van der Waals surface area contributed by atoms with Crippen molar-refractivity contribution in [1.82, 2.24) is 4.90 Å². The monoisotopic (exact) mass is 274 g/mol. The van der Waals surface area contributed by atoms with E-state index in [4.69, 9.17) is 0 Å². The predicted octanol–water partition coefficient (Wildman–Crippen LogP) is 2.28. The van der Waals surface area contributed by atoms with Crippen molar-refractivity contribution in [3.05, 3.63) is 29.3 Å². The van der Waals surface area contributed by atoms with Crippen LogP contribution in [0.4, 0.5) is 5.69 Å². The number of carbonyl (C=O) groups excluding carboxylic acids is 2. The van der Waals surface area contributed by atoms with Crippen LogP contribution in [0.25, 0.3) is 0 Å². The second-order valence-corrected chi connectivity index (χ2v) is 5.25. The van der Waals surface area contributed by atoms with Gasteiger partial charge >= 0.3 is 0 Å². The normalized spacial score (nSPS) is 19.2. The largest absolute Gasteiger partial charge is 0.292 e. The highest BCUT2D eigenvalue weighted by Gasteiger charge is 2.42. The number of para-hydroxylation sites is 1. The van der Waals surface area contributed by atoms with E-state index in [-0.39, 0.29) is 24.3 Å². The number of rotatable bonds is 4. The molecule has 1 fully saturated rings. The van der Waals surface area contributed by atoms with Gasteiger partial charge in [-0.2, -0.15) is 0 Å². The van der Waals surface area contributed by atoms with Crippen LogP contribution in [0.1, 0.15) is 31.4 Å². The number of hydrogen-bond donors (Lipinski definition) is 0. The molecule has 0 unspecified atom stereocenters. The third-order valence-corrected chi connectivity index (χ3v) is 4.04. The summed E-state index contributed by atoms with van der Waals surface area (Å²) in [7, 11) is 0. The SMILES string of the molecule is CCN(CC)[C@@H]1CC(=O)N(c2c(C)cccc2C)C1=O. The molecule has 1 aromatic rings. The van der Waals surface area contributed by atoms with Gasteiger partial charge in [0.2, 0.25) is 5.91 Å². The van der Waals surface area contributed by atoms with Crippen LogP contribution in [0.5, 0.6) is 0 Å². The van der Waals surface area contributed by atoms with E-state index in [1.54, 1.807) is 0 Å². The third kappa shape index (κ3) is 2.36. The second kappa shape index (κ2) is 5.75. The Hall–Kier alpha value is -1.68. The maximum Gasteiger partial charge on any atom is 0.251 e. The maximum atomic E-state index is 12.6. The summed E-state index contributed by atoms with van der Waals surface area (Å²) in [4.78, 5) is 28.4. The van der Waals surface area contributed by atoms with Gasteiger partial charge in [-0.25, -0.2) is 4.90 Å². The number of carbonyl (C=O) groups is 2. The molecule has 1 saturated heterocycles. The Balaban J connectivity index is 2.39. The fourth-order valence-electron chi connectivity index (χ4n) is 2.96. The highest BCUT2D eigenvalue weighted by Crippen LogP contribution is 2.30. The first-order chi connectivity index (χ1) is 9.51. The number of likely N-dealkylation sites (N-methyl/N-ethyl adjacent to an activating group) is 1. The van der Waals surface area contributed by atoms with E-state index in [1.807, 2.05) is 50.8 Å². The maximum absolute atomic E-state index is 12.6. The van der Waals surface area contributed by atoms with Crippen molar-refractivity contribution in [3.63, 3.8) is 0 Å². The van der Waals surface area contributed by atoms with Crippen LogP contribution in [0.2, 0.25) is 0 Å². The van der Waals surface area contributed by atoms with Gasteiger partial charge in [-0.1, -0.05) is 32.0 Å². The Morgan fingerprint density at radius 1 is 1.15 bits per heavy atom. The molecule has 2 rings (SSSR count). The van der Waals surface area contributed by atoms with Crippen LogP contribution in [-0.4, -0.2) is 35.8 Å². The van der Waals surface area contributed by atoms with Crippen molar-refractivity contribution in [2.24, 2.45) is 0 Å². The van der Waals surface area contributed by atoms with Crippen molar-refractivity contribution in [2.75, 3.05) is 18.0 Å². The average Bonchev–Trinajstić information content (AvgIpc) is 2.68. The van der Waals surface area contributed by atoms with Gasteiger partial charge in [-0.3, -0.25) is 14.5 Å². The van der Waals surface area contributed by atoms with E-state index in [1.165, 1.54) is 4.90 Å². The Labute approximate surface area is 120 Å². The van der Waals surface area contributed by atoms with Crippen molar-refractivity contribution in [2.45, 2.75) is 40.2 Å². The summed E-state index contributed by atoms with van der Waals surface area (Å²) in [6.07, 6.45) is 0.286. The lowest BCUT2D eigenvalue weighted by molar-refractivity contribution is -0.122. The van der Waals surface area contributed by atoms with Gasteiger partial charge in [-0.15, -0.1) is 0 Å². The number of aryl methyl sites for hydroxylation is 2. The van der Waals surface area contributed by atoms with Gasteiger partial charge in [0.25, 0.3) is 5.91 Å². The first kappa shape index (κ1) is 14.7. The zero-order valence-corrected chi connectivity index (χ0v) is 12.6. The highest BCUT2D eigenvalue weighted by molar-refractivity contribution is 6.23. The third-order valence-electron chi connectivity index (χ3n) is 4.04. The highest BCUT2D eigenvalue weighted by atomic mass is 16.2. The van der Waals surface area contributed by atoms with Gasteiger partial charge in [-0.05, 0) is 38.1 Å². The molecule has 1 atom stereocenters. The Bertz CT molecular complexity index is 515. The number of imide groups is 1. The standard InChI is InChI=1S/C16H22N2O2/c1-5-17(6-2)13-10-14(19)18(16(13)20)15-11(3)8-7-9-12(15)4/h7-9,13H,5-6,10H2,1-4H3/t13-/m1/s1. The van der Waals surface area contributed by atoms with Crippen LogP contribution < -0.4 is 4.90 Å². The minimum absolute atomic E-state index is 0.0869. The lowest BCUT2D eigenvalue weighted by Crippen LogP contribution is -2.42. The quantitative estimate of drug-likeness (QED) is 0.791. The summed E-state index contributed by atoms with van der Waals surface area (Å²) >= 11 is 0. The summed E-state index contributed by atoms with van der Waals surface area (Å²) < 4.78 is 0. The van der Waals surface area contributed by atoms with Gasteiger partial charge in [0, 0.05) is 0 Å². The molecule has 1 aromatic carbocycles. The molecule has 4 heteroatoms. The first-order valence-corrected chi connectivity index (χ1v) is 7.18. The van der Waals surface area contributed by atoms with Crippen molar-refractivity contribution in [3.8, 4) is 0 Å². The number of anilines is 1. The van der Waals surface area contributed by atoms with Gasteiger partial charge in [0.1, 0.15) is 0 Å². The smallest absolute Gasteiger partial charge is 0.251 e. The molecule has 0 spiro atoms. The van der Waals surface area contributed by atoms with Gasteiger partial charge in [0.05, 0.1) is 18.2 Å². The molecule has 2 amide bonds. The van der Waals surface area contributed by atoms with E-state index in [0.29, 0.717) is 0 Å². The lowest BCUT2D eigenvalue weighted by atomic mass is 10.1. The van der Waals surface area contributed by atoms with E-state index >= 15 is 0 Å². The Kier molecular flexibility index (Phi) is 4.23. The molecule has 0 radical (unpaired) electrons. The van der Waals surface area contributed by atoms with Gasteiger partial charge in [0.15, 0.2) is 0 Å². The molecule has 4 nitrogen and oxygen atoms in total. The zero-order chi connectivity index (χ0) is 14.9. The number of nitrogens with zero attached hydrogens (tertiary/aromatic N) is 2. The number of benzene rings is 1. The summed E-state index contributed by atoms with van der Waals surface area (Å²) in [6, 6.07) is 5.51. The molecule has 0 aliphatic carbocycles. The molecule has 0 bridgehead atoms. The molecular weight excluding hydrogens is 252 g/mol. The summed E-state index contributed by atoms with van der Waals surface area (Å²) in [5.74, 6) is -0.180. The predicted molar refractivity (Wildman–Crippen MR) is 79.7 cm³/mol. The molecule has 0 N–H and O–H groups in total. The molecule has 108 valence electrons. The summed E-state index contributed by atoms with van der Waals surface area (Å²) in [5, 5.41) is 0. The van der Waals surface area contributed by atoms with Crippen molar-refractivity contribution >= 4 is 17.5 Å². The van der Waals surface area contributed by atoms with Crippen molar-refractivity contribution in [1.29, 1.82) is 0 Å². The van der Waals surface area contributed by atoms with E-state index in [9.17, 15) is 9.59 Å². The summed E-state index contributed by atoms with van der Waals surface area (Å²) in [6.45, 7) is 9.47. The first-order valence-electron chi connectivity index (χ1n) is 7.18. The Morgan fingerprint density at radius 3 is 2.20 bits per heavy atom. The average molecular weight is 274 g/mol. The molecule has 1 aliphatic heterocycles. The minimum atomic E-state index is -0.309. The van der Waals surface area contributed by atoms with Gasteiger partial charge < -0.3 is 0 Å². The summed E-state index contributed by atoms with van der Waals surface area (Å²) in [5.41, 5.74) is 2.69. The van der Waals surface area contributed by atoms with E-state index in [0.717, 1.165) is 29.9 Å². The molecule has 20 heavy (non-hydrogen) atoms. The van der Waals surface area contributed by atoms with E-state index < -0.39 is 0 Å². The topological polar surface area (TPSA) is 40.6 Å². The Morgan fingerprint density at radius 2 is 1.70 bits per heavy atom. The fourth-order valence-corrected chi connectivity index (χ4v) is 2.96. The molecule has 0 saturated carbocycles. The molecule has 1 aliphatic rings. The molecular formula is C16H22N2O2.